The minimum atomic E-state index is -0.779. The quantitative estimate of drug-likeness (QED) is 0.619. The Kier molecular flexibility index (Phi) is 8.80. The van der Waals surface area contributed by atoms with Crippen LogP contribution in [0.2, 0.25) is 0 Å². The van der Waals surface area contributed by atoms with E-state index in [1.807, 2.05) is 30.3 Å². The van der Waals surface area contributed by atoms with Gasteiger partial charge in [-0.3, -0.25) is 9.59 Å². The molecule has 0 aliphatic carbocycles. The topological polar surface area (TPSA) is 58.6 Å². The number of halogens is 1. The summed E-state index contributed by atoms with van der Waals surface area (Å²) in [6, 6.07) is 14.4. The van der Waals surface area contributed by atoms with Crippen LogP contribution in [0.1, 0.15) is 37.4 Å². The number of ether oxygens (including phenoxy) is 1. The summed E-state index contributed by atoms with van der Waals surface area (Å²) in [6.07, 6.45) is 0.680. The van der Waals surface area contributed by atoms with E-state index in [0.29, 0.717) is 19.6 Å². The molecule has 0 aliphatic rings. The van der Waals surface area contributed by atoms with Crippen molar-refractivity contribution >= 4 is 11.8 Å². The van der Waals surface area contributed by atoms with Gasteiger partial charge < -0.3 is 15.0 Å². The van der Waals surface area contributed by atoms with Crippen molar-refractivity contribution in [3.8, 4) is 0 Å². The van der Waals surface area contributed by atoms with Gasteiger partial charge in [-0.15, -0.1) is 0 Å². The van der Waals surface area contributed by atoms with E-state index in [2.05, 4.69) is 5.32 Å². The van der Waals surface area contributed by atoms with Gasteiger partial charge in [-0.05, 0) is 29.7 Å². The summed E-state index contributed by atoms with van der Waals surface area (Å²) < 4.78 is 18.3. The molecule has 0 saturated carbocycles. The number of hydrogen-bond donors (Lipinski definition) is 1. The van der Waals surface area contributed by atoms with E-state index in [9.17, 15) is 14.0 Å². The average molecular weight is 400 g/mol. The number of carbonyl (C=O) groups excluding carboxylic acids is 2. The normalized spacial score (nSPS) is 11.9. The smallest absolute Gasteiger partial charge is 0.247 e. The van der Waals surface area contributed by atoms with E-state index in [-0.39, 0.29) is 30.1 Å². The number of nitrogens with one attached hydrogen (secondary N) is 1. The molecule has 2 aromatic carbocycles. The molecule has 0 radical (unpaired) electrons. The van der Waals surface area contributed by atoms with Crippen molar-refractivity contribution in [1.82, 2.24) is 10.2 Å². The van der Waals surface area contributed by atoms with Crippen molar-refractivity contribution < 1.29 is 18.7 Å². The second-order valence-electron chi connectivity index (χ2n) is 7.20. The highest BCUT2D eigenvalue weighted by Gasteiger charge is 2.32. The van der Waals surface area contributed by atoms with Crippen molar-refractivity contribution in [2.75, 3.05) is 20.3 Å². The zero-order valence-corrected chi connectivity index (χ0v) is 17.2. The van der Waals surface area contributed by atoms with Gasteiger partial charge in [0.05, 0.1) is 0 Å². The van der Waals surface area contributed by atoms with Crippen molar-refractivity contribution in [3.63, 3.8) is 0 Å². The van der Waals surface area contributed by atoms with Gasteiger partial charge in [0, 0.05) is 32.7 Å². The Labute approximate surface area is 171 Å². The van der Waals surface area contributed by atoms with Crippen LogP contribution in [0.3, 0.4) is 0 Å². The van der Waals surface area contributed by atoms with Crippen LogP contribution in [0.15, 0.2) is 54.6 Å². The zero-order chi connectivity index (χ0) is 21.2. The maximum Gasteiger partial charge on any atom is 0.247 e. The number of methoxy groups -OCH3 is 1. The molecule has 0 unspecified atom stereocenters. The molecule has 0 aromatic heterocycles. The summed E-state index contributed by atoms with van der Waals surface area (Å²) in [5, 5.41) is 2.91. The molecule has 6 heteroatoms. The van der Waals surface area contributed by atoms with Crippen LogP contribution in [0.4, 0.5) is 4.39 Å². The van der Waals surface area contributed by atoms with E-state index < -0.39 is 6.04 Å². The fourth-order valence-corrected chi connectivity index (χ4v) is 3.05. The Morgan fingerprint density at radius 3 is 2.31 bits per heavy atom. The van der Waals surface area contributed by atoms with Gasteiger partial charge >= 0.3 is 0 Å². The van der Waals surface area contributed by atoms with E-state index in [1.165, 1.54) is 12.1 Å². The van der Waals surface area contributed by atoms with Crippen LogP contribution in [0.5, 0.6) is 0 Å². The highest BCUT2D eigenvalue weighted by molar-refractivity contribution is 5.89. The molecule has 156 valence electrons. The summed E-state index contributed by atoms with van der Waals surface area (Å²) in [7, 11) is 1.61. The minimum absolute atomic E-state index is 0.143. The lowest BCUT2D eigenvalue weighted by molar-refractivity contribution is -0.144. The molecule has 2 rings (SSSR count). The Morgan fingerprint density at radius 1 is 1.07 bits per heavy atom. The monoisotopic (exact) mass is 400 g/mol. The van der Waals surface area contributed by atoms with Crippen molar-refractivity contribution in [2.45, 2.75) is 32.9 Å². The second-order valence-corrected chi connectivity index (χ2v) is 7.20. The molecule has 5 nitrogen and oxygen atoms in total. The van der Waals surface area contributed by atoms with Crippen LogP contribution in [0, 0.1) is 11.7 Å². The minimum Gasteiger partial charge on any atom is -0.385 e. The lowest BCUT2D eigenvalue weighted by atomic mass is 10.0. The third kappa shape index (κ3) is 6.68. The van der Waals surface area contributed by atoms with Crippen molar-refractivity contribution in [1.29, 1.82) is 0 Å². The first-order valence-electron chi connectivity index (χ1n) is 9.80. The first-order valence-corrected chi connectivity index (χ1v) is 9.80. The molecular formula is C23H29FN2O3. The fraction of sp³-hybridized carbons (Fsp3) is 0.391. The summed E-state index contributed by atoms with van der Waals surface area (Å²) in [4.78, 5) is 27.7. The largest absolute Gasteiger partial charge is 0.385 e. The van der Waals surface area contributed by atoms with Gasteiger partial charge in [-0.2, -0.15) is 0 Å². The zero-order valence-electron chi connectivity index (χ0n) is 17.2. The number of hydrogen-bond acceptors (Lipinski definition) is 3. The van der Waals surface area contributed by atoms with Crippen LogP contribution >= 0.6 is 0 Å². The van der Waals surface area contributed by atoms with Gasteiger partial charge in [-0.1, -0.05) is 56.3 Å². The Hall–Kier alpha value is -2.73. The average Bonchev–Trinajstić information content (AvgIpc) is 2.72. The predicted octanol–water partition coefficient (Wildman–Crippen LogP) is 3.70. The third-order valence-corrected chi connectivity index (χ3v) is 4.54. The van der Waals surface area contributed by atoms with Gasteiger partial charge in [0.25, 0.3) is 0 Å². The van der Waals surface area contributed by atoms with Crippen LogP contribution in [0.25, 0.3) is 0 Å². The molecule has 0 saturated heterocycles. The van der Waals surface area contributed by atoms with E-state index in [1.54, 1.807) is 38.0 Å². The first kappa shape index (κ1) is 22.6. The Morgan fingerprint density at radius 2 is 1.72 bits per heavy atom. The van der Waals surface area contributed by atoms with Gasteiger partial charge in [0.1, 0.15) is 11.9 Å². The van der Waals surface area contributed by atoms with E-state index in [4.69, 9.17) is 4.74 Å². The van der Waals surface area contributed by atoms with Crippen LogP contribution in [-0.4, -0.2) is 37.0 Å². The van der Waals surface area contributed by atoms with E-state index >= 15 is 0 Å². The number of rotatable bonds is 10. The summed E-state index contributed by atoms with van der Waals surface area (Å²) in [6.45, 7) is 4.82. The number of benzene rings is 2. The lowest BCUT2D eigenvalue weighted by Crippen LogP contribution is -2.45. The fourth-order valence-electron chi connectivity index (χ4n) is 3.05. The molecule has 2 amide bonds. The molecule has 29 heavy (non-hydrogen) atoms. The van der Waals surface area contributed by atoms with E-state index in [0.717, 1.165) is 11.1 Å². The SMILES string of the molecule is COCCCNC(=O)[C@@H](c1ccccc1)N(Cc1ccc(F)cc1)C(=O)C(C)C. The van der Waals surface area contributed by atoms with Gasteiger partial charge in [0.2, 0.25) is 11.8 Å². The van der Waals surface area contributed by atoms with Crippen LogP contribution in [-0.2, 0) is 20.9 Å². The molecule has 1 atom stereocenters. The Bertz CT molecular complexity index is 778. The summed E-state index contributed by atoms with van der Waals surface area (Å²) >= 11 is 0. The standard InChI is InChI=1S/C23H29FN2O3/c1-17(2)23(28)26(16-18-10-12-20(24)13-11-18)21(19-8-5-4-6-9-19)22(27)25-14-7-15-29-3/h4-6,8-13,17,21H,7,14-16H2,1-3H3,(H,25,27)/t21-/m1/s1. The van der Waals surface area contributed by atoms with Crippen molar-refractivity contribution in [3.05, 3.63) is 71.5 Å². The number of nitrogens with zero attached hydrogens (tertiary/aromatic N) is 1. The molecule has 0 heterocycles. The molecule has 0 aliphatic heterocycles. The Balaban J connectivity index is 2.35. The van der Waals surface area contributed by atoms with Crippen molar-refractivity contribution in [2.24, 2.45) is 5.92 Å². The number of carbonyl (C=O) groups is 2. The third-order valence-electron chi connectivity index (χ3n) is 4.54. The van der Waals surface area contributed by atoms with Crippen LogP contribution < -0.4 is 5.32 Å². The molecule has 0 spiro atoms. The molecule has 2 aromatic rings. The van der Waals surface area contributed by atoms with Gasteiger partial charge in [0.15, 0.2) is 0 Å². The molecular weight excluding hydrogens is 371 g/mol. The number of amides is 2. The maximum atomic E-state index is 13.3. The molecule has 0 fully saturated rings. The highest BCUT2D eigenvalue weighted by atomic mass is 19.1. The summed E-state index contributed by atoms with van der Waals surface area (Å²) in [5.74, 6) is -1.02. The highest BCUT2D eigenvalue weighted by Crippen LogP contribution is 2.25. The maximum absolute atomic E-state index is 13.3. The lowest BCUT2D eigenvalue weighted by Gasteiger charge is -2.33. The van der Waals surface area contributed by atoms with Gasteiger partial charge in [-0.25, -0.2) is 4.39 Å². The predicted molar refractivity (Wildman–Crippen MR) is 110 cm³/mol. The molecule has 1 N–H and O–H groups in total. The first-order chi connectivity index (χ1) is 13.9. The summed E-state index contributed by atoms with van der Waals surface area (Å²) in [5.41, 5.74) is 1.49. The second kappa shape index (κ2) is 11.3. The molecule has 0 bridgehead atoms.